The minimum atomic E-state index is 0.685. The summed E-state index contributed by atoms with van der Waals surface area (Å²) in [6.07, 6.45) is 6.23. The van der Waals surface area contributed by atoms with Gasteiger partial charge in [-0.1, -0.05) is 26.2 Å². The lowest BCUT2D eigenvalue weighted by molar-refractivity contribution is 0.294. The molecule has 1 N–H and O–H groups in total. The van der Waals surface area contributed by atoms with Gasteiger partial charge in [-0.25, -0.2) is 0 Å². The highest BCUT2D eigenvalue weighted by Gasteiger charge is 1.93. The van der Waals surface area contributed by atoms with E-state index in [4.69, 9.17) is 4.74 Å². The van der Waals surface area contributed by atoms with Gasteiger partial charge in [0.1, 0.15) is 0 Å². The fourth-order valence-electron chi connectivity index (χ4n) is 0.959. The van der Waals surface area contributed by atoms with Gasteiger partial charge in [0, 0.05) is 12.3 Å². The van der Waals surface area contributed by atoms with Crippen LogP contribution in [0.1, 0.15) is 25.7 Å². The Balaban J connectivity index is 1.96. The second kappa shape index (κ2) is 5.63. The van der Waals surface area contributed by atoms with Crippen LogP contribution in [0.15, 0.2) is 12.3 Å². The Bertz CT molecular complexity index is 184. The summed E-state index contributed by atoms with van der Waals surface area (Å²) in [4.78, 5) is 0. The molecule has 0 aliphatic heterocycles. The van der Waals surface area contributed by atoms with Crippen LogP contribution >= 0.6 is 0 Å². The van der Waals surface area contributed by atoms with Gasteiger partial charge in [-0.3, -0.25) is 5.10 Å². The second-order valence-corrected chi connectivity index (χ2v) is 2.68. The molecule has 0 fully saturated rings. The Morgan fingerprint density at radius 3 is 3.00 bits per heavy atom. The number of H-pyrrole nitrogens is 1. The molecule has 0 aliphatic carbocycles. The predicted octanol–water partition coefficient (Wildman–Crippen LogP) is 2.18. The molecular weight excluding hydrogens is 152 g/mol. The van der Waals surface area contributed by atoms with Crippen molar-refractivity contribution in [3.8, 4) is 5.88 Å². The molecule has 1 aromatic heterocycles. The largest absolute Gasteiger partial charge is 0.477 e. The lowest BCUT2D eigenvalue weighted by atomic mass is 10.2. The van der Waals surface area contributed by atoms with E-state index in [1.165, 1.54) is 12.8 Å². The predicted molar refractivity (Wildman–Crippen MR) is 47.9 cm³/mol. The maximum atomic E-state index is 5.33. The van der Waals surface area contributed by atoms with Crippen LogP contribution in [-0.4, -0.2) is 16.8 Å². The minimum Gasteiger partial charge on any atom is -0.477 e. The van der Waals surface area contributed by atoms with Gasteiger partial charge in [-0.15, -0.1) is 5.10 Å². The number of aromatic amines is 1. The van der Waals surface area contributed by atoms with Crippen molar-refractivity contribution in [2.75, 3.05) is 6.61 Å². The standard InChI is InChI=1S/C9H15N2O/c1-2-3-4-5-8-12-9-6-7-10-11-9/h6-7H,1-5,8H2,(H,10,11). The van der Waals surface area contributed by atoms with Gasteiger partial charge in [-0.05, 0) is 6.42 Å². The van der Waals surface area contributed by atoms with E-state index in [0.717, 1.165) is 19.4 Å². The Labute approximate surface area is 73.1 Å². The average molecular weight is 167 g/mol. The summed E-state index contributed by atoms with van der Waals surface area (Å²) in [6.45, 7) is 4.53. The molecule has 0 unspecified atom stereocenters. The van der Waals surface area contributed by atoms with Crippen LogP contribution < -0.4 is 4.74 Å². The van der Waals surface area contributed by atoms with Crippen LogP contribution in [0.25, 0.3) is 0 Å². The normalized spacial score (nSPS) is 10.1. The van der Waals surface area contributed by atoms with Gasteiger partial charge < -0.3 is 4.74 Å². The first-order chi connectivity index (χ1) is 5.93. The van der Waals surface area contributed by atoms with Gasteiger partial charge in [0.25, 0.3) is 0 Å². The third-order valence-electron chi connectivity index (χ3n) is 1.62. The summed E-state index contributed by atoms with van der Waals surface area (Å²) in [5.41, 5.74) is 0. The highest BCUT2D eigenvalue weighted by molar-refractivity contribution is 5.03. The summed E-state index contributed by atoms with van der Waals surface area (Å²) in [7, 11) is 0. The number of rotatable bonds is 6. The summed E-state index contributed by atoms with van der Waals surface area (Å²) in [5.74, 6) is 0.685. The van der Waals surface area contributed by atoms with Gasteiger partial charge in [0.2, 0.25) is 5.88 Å². The molecule has 12 heavy (non-hydrogen) atoms. The van der Waals surface area contributed by atoms with E-state index in [-0.39, 0.29) is 0 Å². The number of nitrogens with zero attached hydrogens (tertiary/aromatic N) is 1. The van der Waals surface area contributed by atoms with E-state index in [0.29, 0.717) is 5.88 Å². The number of hydrogen-bond acceptors (Lipinski definition) is 2. The van der Waals surface area contributed by atoms with Gasteiger partial charge >= 0.3 is 0 Å². The van der Waals surface area contributed by atoms with Crippen molar-refractivity contribution in [1.82, 2.24) is 10.2 Å². The zero-order valence-corrected chi connectivity index (χ0v) is 7.25. The summed E-state index contributed by atoms with van der Waals surface area (Å²) in [5, 5.41) is 6.57. The lowest BCUT2D eigenvalue weighted by Crippen LogP contribution is -1.97. The third kappa shape index (κ3) is 3.42. The Morgan fingerprint density at radius 1 is 1.42 bits per heavy atom. The molecule has 3 nitrogen and oxygen atoms in total. The number of unbranched alkanes of at least 4 members (excludes halogenated alkanes) is 3. The van der Waals surface area contributed by atoms with E-state index in [9.17, 15) is 0 Å². The van der Waals surface area contributed by atoms with Crippen LogP contribution in [0.2, 0.25) is 0 Å². The van der Waals surface area contributed by atoms with Crippen molar-refractivity contribution in [2.45, 2.75) is 25.7 Å². The number of ether oxygens (including phenoxy) is 1. The molecule has 1 aromatic rings. The maximum Gasteiger partial charge on any atom is 0.232 e. The number of aromatic nitrogens is 2. The van der Waals surface area contributed by atoms with E-state index >= 15 is 0 Å². The van der Waals surface area contributed by atoms with E-state index in [1.807, 2.05) is 6.07 Å². The quantitative estimate of drug-likeness (QED) is 0.659. The van der Waals surface area contributed by atoms with Crippen LogP contribution in [0, 0.1) is 6.92 Å². The second-order valence-electron chi connectivity index (χ2n) is 2.68. The summed E-state index contributed by atoms with van der Waals surface area (Å²) < 4.78 is 5.33. The molecule has 0 atom stereocenters. The van der Waals surface area contributed by atoms with Crippen molar-refractivity contribution >= 4 is 0 Å². The number of nitrogens with one attached hydrogen (secondary N) is 1. The lowest BCUT2D eigenvalue weighted by Gasteiger charge is -2.00. The highest BCUT2D eigenvalue weighted by atomic mass is 16.5. The Morgan fingerprint density at radius 2 is 2.33 bits per heavy atom. The van der Waals surface area contributed by atoms with Crippen molar-refractivity contribution in [1.29, 1.82) is 0 Å². The minimum absolute atomic E-state index is 0.685. The fraction of sp³-hybridized carbons (Fsp3) is 0.556. The third-order valence-corrected chi connectivity index (χ3v) is 1.62. The van der Waals surface area contributed by atoms with Crippen LogP contribution in [-0.2, 0) is 0 Å². The first kappa shape index (κ1) is 9.10. The fourth-order valence-corrected chi connectivity index (χ4v) is 0.959. The Kier molecular flexibility index (Phi) is 4.27. The molecule has 0 aliphatic rings. The molecule has 0 amide bonds. The molecular formula is C9H15N2O. The highest BCUT2D eigenvalue weighted by Crippen LogP contribution is 2.04. The van der Waals surface area contributed by atoms with Crippen molar-refractivity contribution in [3.05, 3.63) is 19.2 Å². The smallest absolute Gasteiger partial charge is 0.232 e. The summed E-state index contributed by atoms with van der Waals surface area (Å²) in [6, 6.07) is 1.82. The van der Waals surface area contributed by atoms with Crippen molar-refractivity contribution < 1.29 is 4.74 Å². The van der Waals surface area contributed by atoms with Crippen molar-refractivity contribution in [2.24, 2.45) is 0 Å². The average Bonchev–Trinajstić information content (AvgIpc) is 2.57. The summed E-state index contributed by atoms with van der Waals surface area (Å²) >= 11 is 0. The molecule has 1 rings (SSSR count). The molecule has 3 heteroatoms. The zero-order valence-electron chi connectivity index (χ0n) is 7.25. The maximum absolute atomic E-state index is 5.33. The van der Waals surface area contributed by atoms with Gasteiger partial charge in [-0.2, -0.15) is 0 Å². The SMILES string of the molecule is [CH2]CCCCCOc1cc[nH]n1. The monoisotopic (exact) mass is 167 g/mol. The van der Waals surface area contributed by atoms with Crippen molar-refractivity contribution in [3.63, 3.8) is 0 Å². The van der Waals surface area contributed by atoms with E-state index < -0.39 is 0 Å². The molecule has 1 radical (unpaired) electrons. The van der Waals surface area contributed by atoms with E-state index in [2.05, 4.69) is 17.1 Å². The van der Waals surface area contributed by atoms with Gasteiger partial charge in [0.15, 0.2) is 0 Å². The Hall–Kier alpha value is -0.990. The topological polar surface area (TPSA) is 37.9 Å². The molecule has 1 heterocycles. The first-order valence-electron chi connectivity index (χ1n) is 4.35. The number of hydrogen-bond donors (Lipinski definition) is 1. The van der Waals surface area contributed by atoms with Gasteiger partial charge in [0.05, 0.1) is 6.61 Å². The van der Waals surface area contributed by atoms with Crippen LogP contribution in [0.4, 0.5) is 0 Å². The molecule has 0 saturated heterocycles. The van der Waals surface area contributed by atoms with Crippen LogP contribution in [0.3, 0.4) is 0 Å². The first-order valence-corrected chi connectivity index (χ1v) is 4.35. The van der Waals surface area contributed by atoms with E-state index in [1.54, 1.807) is 6.20 Å². The molecule has 67 valence electrons. The molecule has 0 saturated carbocycles. The van der Waals surface area contributed by atoms with Crippen LogP contribution in [0.5, 0.6) is 5.88 Å². The molecule has 0 aromatic carbocycles. The molecule has 0 bridgehead atoms. The molecule has 0 spiro atoms. The zero-order chi connectivity index (χ0) is 8.65.